The van der Waals surface area contributed by atoms with E-state index in [-0.39, 0.29) is 11.8 Å². The summed E-state index contributed by atoms with van der Waals surface area (Å²) in [7, 11) is 3.30. The molecule has 0 spiro atoms. The van der Waals surface area contributed by atoms with Gasteiger partial charge in [0.2, 0.25) is 5.91 Å². The number of rotatable bonds is 5. The van der Waals surface area contributed by atoms with Crippen LogP contribution in [0.2, 0.25) is 0 Å². The molecule has 0 saturated heterocycles. The molecule has 0 aromatic heterocycles. The zero-order valence-electron chi connectivity index (χ0n) is 11.7. The fourth-order valence-electron chi connectivity index (χ4n) is 2.50. The van der Waals surface area contributed by atoms with Gasteiger partial charge in [-0.05, 0) is 30.5 Å². The second kappa shape index (κ2) is 5.94. The molecule has 0 heterocycles. The number of hydrogen-bond acceptors (Lipinski definition) is 3. The van der Waals surface area contributed by atoms with Crippen LogP contribution in [0.15, 0.2) is 24.3 Å². The quantitative estimate of drug-likeness (QED) is 0.890. The predicted molar refractivity (Wildman–Crippen MR) is 73.3 cm³/mol. The molecular weight excluding hydrogens is 258 g/mol. The lowest BCUT2D eigenvalue weighted by atomic mass is 9.73. The fraction of sp³-hybridized carbons (Fsp3) is 0.467. The third-order valence-electron chi connectivity index (χ3n) is 3.84. The van der Waals surface area contributed by atoms with Gasteiger partial charge in [-0.1, -0.05) is 12.1 Å². The third kappa shape index (κ3) is 2.92. The van der Waals surface area contributed by atoms with Crippen molar-refractivity contribution in [1.29, 1.82) is 0 Å². The molecule has 5 heteroatoms. The minimum absolute atomic E-state index is 0.0912. The van der Waals surface area contributed by atoms with E-state index < -0.39 is 11.9 Å². The summed E-state index contributed by atoms with van der Waals surface area (Å²) < 4.78 is 5.14. The van der Waals surface area contributed by atoms with E-state index in [0.717, 1.165) is 11.3 Å². The van der Waals surface area contributed by atoms with Crippen molar-refractivity contribution in [2.24, 2.45) is 11.8 Å². The van der Waals surface area contributed by atoms with Gasteiger partial charge >= 0.3 is 5.97 Å². The van der Waals surface area contributed by atoms with Crippen LogP contribution in [0.1, 0.15) is 18.4 Å². The van der Waals surface area contributed by atoms with Gasteiger partial charge in [-0.25, -0.2) is 0 Å². The van der Waals surface area contributed by atoms with E-state index in [0.29, 0.717) is 19.4 Å². The Morgan fingerprint density at radius 1 is 1.35 bits per heavy atom. The van der Waals surface area contributed by atoms with Crippen molar-refractivity contribution in [3.8, 4) is 5.75 Å². The normalized spacial score (nSPS) is 20.9. The number of carbonyl (C=O) groups is 2. The lowest BCUT2D eigenvalue weighted by molar-refractivity contribution is -0.156. The van der Waals surface area contributed by atoms with Gasteiger partial charge in [-0.15, -0.1) is 0 Å². The highest BCUT2D eigenvalue weighted by atomic mass is 16.5. The Kier molecular flexibility index (Phi) is 4.27. The Labute approximate surface area is 118 Å². The first-order chi connectivity index (χ1) is 9.52. The van der Waals surface area contributed by atoms with Gasteiger partial charge in [0.1, 0.15) is 5.75 Å². The maximum atomic E-state index is 12.2. The van der Waals surface area contributed by atoms with E-state index in [4.69, 9.17) is 9.84 Å². The van der Waals surface area contributed by atoms with Gasteiger partial charge in [0.25, 0.3) is 0 Å². The van der Waals surface area contributed by atoms with Crippen LogP contribution in [-0.2, 0) is 16.1 Å². The molecule has 1 aromatic rings. The number of amides is 1. The van der Waals surface area contributed by atoms with E-state index in [1.165, 1.54) is 0 Å². The highest BCUT2D eigenvalue weighted by molar-refractivity contribution is 5.86. The molecule has 1 aliphatic rings. The highest BCUT2D eigenvalue weighted by Gasteiger charge is 2.42. The summed E-state index contributed by atoms with van der Waals surface area (Å²) >= 11 is 0. The van der Waals surface area contributed by atoms with Crippen molar-refractivity contribution in [2.45, 2.75) is 19.4 Å². The lowest BCUT2D eigenvalue weighted by Crippen LogP contribution is -2.44. The van der Waals surface area contributed by atoms with Gasteiger partial charge in [0, 0.05) is 13.6 Å². The number of nitrogens with zero attached hydrogens (tertiary/aromatic N) is 1. The van der Waals surface area contributed by atoms with Crippen molar-refractivity contribution < 1.29 is 19.4 Å². The predicted octanol–water partition coefficient (Wildman–Crippen LogP) is 1.76. The summed E-state index contributed by atoms with van der Waals surface area (Å²) in [4.78, 5) is 24.8. The number of aliphatic carboxylic acids is 1. The van der Waals surface area contributed by atoms with Crippen molar-refractivity contribution in [3.05, 3.63) is 29.8 Å². The van der Waals surface area contributed by atoms with Crippen LogP contribution in [0.25, 0.3) is 0 Å². The minimum atomic E-state index is -0.871. The van der Waals surface area contributed by atoms with E-state index in [1.54, 1.807) is 19.1 Å². The first-order valence-electron chi connectivity index (χ1n) is 6.63. The number of carboxylic acids is 1. The molecular formula is C15H19NO4. The van der Waals surface area contributed by atoms with Crippen LogP contribution in [0.5, 0.6) is 5.75 Å². The summed E-state index contributed by atoms with van der Waals surface area (Å²) in [6, 6.07) is 7.51. The molecule has 20 heavy (non-hydrogen) atoms. The molecule has 108 valence electrons. The molecule has 0 radical (unpaired) electrons. The Balaban J connectivity index is 1.99. The van der Waals surface area contributed by atoms with Crippen LogP contribution >= 0.6 is 0 Å². The average molecular weight is 277 g/mol. The molecule has 1 N–H and O–H groups in total. The van der Waals surface area contributed by atoms with E-state index >= 15 is 0 Å². The molecule has 1 saturated carbocycles. The smallest absolute Gasteiger partial charge is 0.307 e. The molecule has 2 atom stereocenters. The summed E-state index contributed by atoms with van der Waals surface area (Å²) in [5.41, 5.74) is 0.964. The molecule has 1 fully saturated rings. The number of hydrogen-bond donors (Lipinski definition) is 1. The number of carbonyl (C=O) groups excluding carboxylic acids is 1. The number of carboxylic acid groups (broad SMARTS) is 1. The highest BCUT2D eigenvalue weighted by Crippen LogP contribution is 2.35. The molecule has 2 rings (SSSR count). The first kappa shape index (κ1) is 14.4. The van der Waals surface area contributed by atoms with E-state index in [9.17, 15) is 9.59 Å². The Morgan fingerprint density at radius 3 is 2.60 bits per heavy atom. The topological polar surface area (TPSA) is 66.8 Å². The third-order valence-corrected chi connectivity index (χ3v) is 3.84. The zero-order chi connectivity index (χ0) is 14.7. The molecule has 0 aliphatic heterocycles. The van der Waals surface area contributed by atoms with Crippen LogP contribution in [0.3, 0.4) is 0 Å². The van der Waals surface area contributed by atoms with Crippen LogP contribution < -0.4 is 4.74 Å². The van der Waals surface area contributed by atoms with Crippen LogP contribution in [0.4, 0.5) is 0 Å². The van der Waals surface area contributed by atoms with Gasteiger partial charge in [-0.3, -0.25) is 9.59 Å². The first-order valence-corrected chi connectivity index (χ1v) is 6.63. The number of ether oxygens (including phenoxy) is 1. The minimum Gasteiger partial charge on any atom is -0.497 e. The SMILES string of the molecule is COc1cccc(CN(C)C(=O)C2CCC2C(=O)O)c1. The largest absolute Gasteiger partial charge is 0.497 e. The van der Waals surface area contributed by atoms with Gasteiger partial charge in [-0.2, -0.15) is 0 Å². The van der Waals surface area contributed by atoms with E-state index in [1.807, 2.05) is 24.3 Å². The van der Waals surface area contributed by atoms with Crippen molar-refractivity contribution >= 4 is 11.9 Å². The molecule has 1 amide bonds. The average Bonchev–Trinajstić information content (AvgIpc) is 2.36. The second-order valence-electron chi connectivity index (χ2n) is 5.17. The molecule has 1 aliphatic carbocycles. The van der Waals surface area contributed by atoms with Gasteiger partial charge < -0.3 is 14.7 Å². The lowest BCUT2D eigenvalue weighted by Gasteiger charge is -2.35. The molecule has 2 unspecified atom stereocenters. The Bertz CT molecular complexity index is 514. The Morgan fingerprint density at radius 2 is 2.05 bits per heavy atom. The molecule has 1 aromatic carbocycles. The summed E-state index contributed by atoms with van der Waals surface area (Å²) in [6.45, 7) is 0.457. The van der Waals surface area contributed by atoms with E-state index in [2.05, 4.69) is 0 Å². The van der Waals surface area contributed by atoms with Gasteiger partial charge in [0.15, 0.2) is 0 Å². The van der Waals surface area contributed by atoms with Crippen LogP contribution in [-0.4, -0.2) is 36.0 Å². The van der Waals surface area contributed by atoms with Crippen molar-refractivity contribution in [2.75, 3.05) is 14.2 Å². The number of benzene rings is 1. The molecule has 0 bridgehead atoms. The van der Waals surface area contributed by atoms with Crippen LogP contribution in [0, 0.1) is 11.8 Å². The number of methoxy groups -OCH3 is 1. The second-order valence-corrected chi connectivity index (χ2v) is 5.17. The summed E-state index contributed by atoms with van der Waals surface area (Å²) in [6.07, 6.45) is 1.26. The standard InChI is InChI=1S/C15H19NO4/c1-16(9-10-4-3-5-11(8-10)20-2)14(17)12-6-7-13(12)15(18)19/h3-5,8,12-13H,6-7,9H2,1-2H3,(H,18,19). The van der Waals surface area contributed by atoms with Crippen molar-refractivity contribution in [3.63, 3.8) is 0 Å². The maximum absolute atomic E-state index is 12.2. The van der Waals surface area contributed by atoms with Gasteiger partial charge in [0.05, 0.1) is 18.9 Å². The zero-order valence-corrected chi connectivity index (χ0v) is 11.7. The Hall–Kier alpha value is -2.04. The summed E-state index contributed by atoms with van der Waals surface area (Å²) in [5.74, 6) is -1.11. The maximum Gasteiger partial charge on any atom is 0.307 e. The van der Waals surface area contributed by atoms with Crippen molar-refractivity contribution in [1.82, 2.24) is 4.90 Å². The molecule has 5 nitrogen and oxygen atoms in total. The summed E-state index contributed by atoms with van der Waals surface area (Å²) in [5, 5.41) is 9.01. The monoisotopic (exact) mass is 277 g/mol. The fourth-order valence-corrected chi connectivity index (χ4v) is 2.50.